The average Bonchev–Trinajstić information content (AvgIpc) is 2.82. The third-order valence-corrected chi connectivity index (χ3v) is 6.60. The normalized spacial score (nSPS) is 12.4. The van der Waals surface area contributed by atoms with Crippen LogP contribution in [0.5, 0.6) is 0 Å². The van der Waals surface area contributed by atoms with E-state index in [0.29, 0.717) is 10.0 Å². The molecule has 10 heteroatoms. The zero-order valence-corrected chi connectivity index (χ0v) is 24.2. The van der Waals surface area contributed by atoms with Gasteiger partial charge in [0.15, 0.2) is 10.9 Å². The second-order valence-corrected chi connectivity index (χ2v) is 12.4. The molecule has 2 heterocycles. The van der Waals surface area contributed by atoms with Crippen molar-refractivity contribution in [3.8, 4) is 0 Å². The molecule has 0 aliphatic heterocycles. The van der Waals surface area contributed by atoms with Crippen LogP contribution >= 0.6 is 23.2 Å². The predicted octanol–water partition coefficient (Wildman–Crippen LogP) is 7.50. The van der Waals surface area contributed by atoms with Gasteiger partial charge >= 0.3 is 12.2 Å². The second-order valence-electron chi connectivity index (χ2n) is 11.5. The first-order valence-corrected chi connectivity index (χ1v) is 13.2. The van der Waals surface area contributed by atoms with Gasteiger partial charge in [0.25, 0.3) is 0 Å². The molecule has 0 saturated carbocycles. The molecule has 40 heavy (non-hydrogen) atoms. The minimum atomic E-state index is -0.849. The fraction of sp³-hybridized carbons (Fsp3) is 0.267. The molecule has 0 amide bonds. The second kappa shape index (κ2) is 9.35. The van der Waals surface area contributed by atoms with Crippen molar-refractivity contribution in [3.05, 3.63) is 79.0 Å². The molecule has 0 fully saturated rings. The molecule has 0 aliphatic carbocycles. The summed E-state index contributed by atoms with van der Waals surface area (Å²) in [7, 11) is 0. The van der Waals surface area contributed by atoms with Crippen molar-refractivity contribution in [1.29, 1.82) is 0 Å². The summed E-state index contributed by atoms with van der Waals surface area (Å²) in [5.41, 5.74) is -1.79. The number of carbonyl (C=O) groups excluding carboxylic acids is 2. The fourth-order valence-corrected chi connectivity index (χ4v) is 4.98. The number of benzene rings is 3. The zero-order chi connectivity index (χ0) is 29.3. The monoisotopic (exact) mass is 580 g/mol. The summed E-state index contributed by atoms with van der Waals surface area (Å²) in [6.07, 6.45) is -1.50. The summed E-state index contributed by atoms with van der Waals surface area (Å²) < 4.78 is 13.8. The van der Waals surface area contributed by atoms with E-state index in [2.05, 4.69) is 0 Å². The molecule has 0 aliphatic rings. The SMILES string of the molecule is CC(C)(C)OC(=O)n1c2ccc(Cl)cc2c(=O)c2cc3c(cc21)c(=O)c1cc(Cl)ccc1n3C(=O)OC(C)(C)C. The van der Waals surface area contributed by atoms with Gasteiger partial charge in [-0.2, -0.15) is 0 Å². The molecule has 206 valence electrons. The predicted molar refractivity (Wildman–Crippen MR) is 158 cm³/mol. The van der Waals surface area contributed by atoms with Crippen LogP contribution in [0.1, 0.15) is 41.5 Å². The van der Waals surface area contributed by atoms with E-state index in [1.807, 2.05) is 0 Å². The molecule has 5 rings (SSSR count). The minimum absolute atomic E-state index is 0.0816. The summed E-state index contributed by atoms with van der Waals surface area (Å²) in [5.74, 6) is 0. The third-order valence-electron chi connectivity index (χ3n) is 6.13. The lowest BCUT2D eigenvalue weighted by Crippen LogP contribution is -2.29. The van der Waals surface area contributed by atoms with Gasteiger partial charge in [0.05, 0.1) is 22.1 Å². The topological polar surface area (TPSA) is 96.6 Å². The van der Waals surface area contributed by atoms with E-state index in [9.17, 15) is 19.2 Å². The van der Waals surface area contributed by atoms with Crippen molar-refractivity contribution < 1.29 is 19.1 Å². The Morgan fingerprint density at radius 1 is 0.575 bits per heavy atom. The van der Waals surface area contributed by atoms with E-state index < -0.39 is 34.2 Å². The van der Waals surface area contributed by atoms with Crippen molar-refractivity contribution in [3.63, 3.8) is 0 Å². The summed E-state index contributed by atoms with van der Waals surface area (Å²) >= 11 is 12.4. The molecular weight excluding hydrogens is 555 g/mol. The minimum Gasteiger partial charge on any atom is -0.443 e. The van der Waals surface area contributed by atoms with Crippen LogP contribution in [-0.4, -0.2) is 32.5 Å². The van der Waals surface area contributed by atoms with Crippen molar-refractivity contribution >= 4 is 79.0 Å². The van der Waals surface area contributed by atoms with E-state index in [4.69, 9.17) is 32.7 Å². The highest BCUT2D eigenvalue weighted by Gasteiger charge is 2.26. The van der Waals surface area contributed by atoms with Crippen LogP contribution in [0.2, 0.25) is 10.0 Å². The Bertz CT molecular complexity index is 1880. The van der Waals surface area contributed by atoms with Gasteiger partial charge in [0, 0.05) is 31.6 Å². The number of halogens is 2. The number of nitrogens with zero attached hydrogens (tertiary/aromatic N) is 2. The third kappa shape index (κ3) is 4.82. The van der Waals surface area contributed by atoms with E-state index in [1.165, 1.54) is 33.4 Å². The van der Waals surface area contributed by atoms with Crippen LogP contribution < -0.4 is 10.9 Å². The van der Waals surface area contributed by atoms with Gasteiger partial charge in [0.2, 0.25) is 0 Å². The maximum absolute atomic E-state index is 13.8. The van der Waals surface area contributed by atoms with Gasteiger partial charge in [-0.25, -0.2) is 18.7 Å². The average molecular weight is 581 g/mol. The lowest BCUT2D eigenvalue weighted by atomic mass is 10.0. The molecule has 8 nitrogen and oxygen atoms in total. The number of carbonyl (C=O) groups is 2. The number of ether oxygens (including phenoxy) is 2. The standard InChI is InChI=1S/C30H26Cl2N2O6/c1-29(2,3)39-27(37)33-21-9-7-15(31)11-17(21)25(35)19-14-24-20(13-23(19)33)26(36)18-12-16(32)8-10-22(18)34(24)28(38)40-30(4,5)6/h7-14H,1-6H3. The smallest absolute Gasteiger partial charge is 0.419 e. The Morgan fingerprint density at radius 3 is 1.23 bits per heavy atom. The first kappa shape index (κ1) is 27.7. The Kier molecular flexibility index (Phi) is 6.47. The maximum Gasteiger partial charge on any atom is 0.419 e. The number of aromatic nitrogens is 2. The van der Waals surface area contributed by atoms with Gasteiger partial charge in [-0.1, -0.05) is 23.2 Å². The number of rotatable bonds is 0. The molecule has 0 bridgehead atoms. The highest BCUT2D eigenvalue weighted by molar-refractivity contribution is 6.32. The highest BCUT2D eigenvalue weighted by atomic mass is 35.5. The van der Waals surface area contributed by atoms with E-state index in [-0.39, 0.29) is 43.6 Å². The van der Waals surface area contributed by atoms with Crippen LogP contribution in [-0.2, 0) is 9.47 Å². The van der Waals surface area contributed by atoms with Crippen LogP contribution in [0, 0.1) is 0 Å². The highest BCUT2D eigenvalue weighted by Crippen LogP contribution is 2.29. The Hall–Kier alpha value is -3.88. The molecular formula is C30H26Cl2N2O6. The van der Waals surface area contributed by atoms with E-state index in [1.54, 1.807) is 65.8 Å². The Morgan fingerprint density at radius 2 is 0.900 bits per heavy atom. The lowest BCUT2D eigenvalue weighted by Gasteiger charge is -2.23. The van der Waals surface area contributed by atoms with Crippen LogP contribution in [0.3, 0.4) is 0 Å². The van der Waals surface area contributed by atoms with Crippen molar-refractivity contribution in [1.82, 2.24) is 9.13 Å². The molecule has 2 aromatic heterocycles. The van der Waals surface area contributed by atoms with Crippen LogP contribution in [0.25, 0.3) is 43.6 Å². The zero-order valence-electron chi connectivity index (χ0n) is 22.7. The molecule has 3 aromatic carbocycles. The summed E-state index contributed by atoms with van der Waals surface area (Å²) in [5, 5.41) is 1.10. The van der Waals surface area contributed by atoms with E-state index >= 15 is 0 Å². The first-order valence-electron chi connectivity index (χ1n) is 12.5. The number of hydrogen-bond acceptors (Lipinski definition) is 6. The molecule has 0 radical (unpaired) electrons. The molecule has 5 aromatic rings. The van der Waals surface area contributed by atoms with Gasteiger partial charge in [0.1, 0.15) is 11.2 Å². The van der Waals surface area contributed by atoms with Gasteiger partial charge in [-0.3, -0.25) is 9.59 Å². The van der Waals surface area contributed by atoms with Gasteiger partial charge in [-0.15, -0.1) is 0 Å². The van der Waals surface area contributed by atoms with Crippen molar-refractivity contribution in [2.45, 2.75) is 52.7 Å². The van der Waals surface area contributed by atoms with Crippen molar-refractivity contribution in [2.75, 3.05) is 0 Å². The first-order chi connectivity index (χ1) is 18.6. The summed E-state index contributed by atoms with van der Waals surface area (Å²) in [6, 6.07) is 12.0. The van der Waals surface area contributed by atoms with Crippen LogP contribution in [0.4, 0.5) is 9.59 Å². The quantitative estimate of drug-likeness (QED) is 0.176. The van der Waals surface area contributed by atoms with Crippen LogP contribution in [0.15, 0.2) is 58.1 Å². The lowest BCUT2D eigenvalue weighted by molar-refractivity contribution is 0.0538. The summed E-state index contributed by atoms with van der Waals surface area (Å²) in [4.78, 5) is 54.7. The Labute approximate surface area is 238 Å². The summed E-state index contributed by atoms with van der Waals surface area (Å²) in [6.45, 7) is 10.3. The van der Waals surface area contributed by atoms with E-state index in [0.717, 1.165) is 0 Å². The number of hydrogen-bond donors (Lipinski definition) is 0. The molecule has 0 saturated heterocycles. The number of pyridine rings is 2. The maximum atomic E-state index is 13.8. The fourth-order valence-electron chi connectivity index (χ4n) is 4.64. The Balaban J connectivity index is 2.02. The molecule has 0 unspecified atom stereocenters. The van der Waals surface area contributed by atoms with Crippen molar-refractivity contribution in [2.24, 2.45) is 0 Å². The van der Waals surface area contributed by atoms with Gasteiger partial charge < -0.3 is 9.47 Å². The number of fused-ring (bicyclic) bond motifs is 4. The molecule has 0 N–H and O–H groups in total. The molecule has 0 spiro atoms. The largest absolute Gasteiger partial charge is 0.443 e. The van der Waals surface area contributed by atoms with Gasteiger partial charge in [-0.05, 0) is 90.1 Å². The molecule has 0 atom stereocenters.